The summed E-state index contributed by atoms with van der Waals surface area (Å²) in [6.45, 7) is 1.80. The highest BCUT2D eigenvalue weighted by Crippen LogP contribution is 2.29. The second-order valence-electron chi connectivity index (χ2n) is 3.04. The van der Waals surface area contributed by atoms with Crippen molar-refractivity contribution in [2.75, 3.05) is 5.73 Å². The number of ether oxygens (including phenoxy) is 1. The lowest BCUT2D eigenvalue weighted by Crippen LogP contribution is -1.94. The lowest BCUT2D eigenvalue weighted by molar-refractivity contribution is 0.439. The standard InChI is InChI=1S/C10H9FN2OS/c1-6-4-9(7(11)5-8(6)12)14-10-13-2-3-15-10/h2-5H,12H2,1H3. The van der Waals surface area contributed by atoms with Gasteiger partial charge in [-0.25, -0.2) is 9.37 Å². The number of nitrogens with two attached hydrogens (primary N) is 1. The highest BCUT2D eigenvalue weighted by molar-refractivity contribution is 7.11. The number of nitrogens with zero attached hydrogens (tertiary/aromatic N) is 1. The third-order valence-electron chi connectivity index (χ3n) is 1.93. The molecule has 2 aromatic rings. The van der Waals surface area contributed by atoms with E-state index in [1.807, 2.05) is 0 Å². The summed E-state index contributed by atoms with van der Waals surface area (Å²) in [5.74, 6) is -0.329. The number of halogens is 1. The van der Waals surface area contributed by atoms with Gasteiger partial charge in [0, 0.05) is 23.3 Å². The lowest BCUT2D eigenvalue weighted by atomic mass is 10.2. The van der Waals surface area contributed by atoms with Crippen LogP contribution in [0.25, 0.3) is 0 Å². The molecule has 0 amide bonds. The number of hydrogen-bond donors (Lipinski definition) is 1. The van der Waals surface area contributed by atoms with E-state index in [1.165, 1.54) is 17.4 Å². The normalized spacial score (nSPS) is 10.3. The number of anilines is 1. The maximum Gasteiger partial charge on any atom is 0.278 e. The minimum absolute atomic E-state index is 0.150. The summed E-state index contributed by atoms with van der Waals surface area (Å²) < 4.78 is 18.7. The minimum atomic E-state index is -0.478. The molecule has 0 aliphatic carbocycles. The van der Waals surface area contributed by atoms with Crippen molar-refractivity contribution in [1.82, 2.24) is 4.98 Å². The van der Waals surface area contributed by atoms with Crippen LogP contribution >= 0.6 is 11.3 Å². The SMILES string of the molecule is Cc1cc(Oc2nccs2)c(F)cc1N. The van der Waals surface area contributed by atoms with Crippen LogP contribution in [0.1, 0.15) is 5.56 Å². The van der Waals surface area contributed by atoms with E-state index in [-0.39, 0.29) is 5.75 Å². The minimum Gasteiger partial charge on any atom is -0.428 e. The van der Waals surface area contributed by atoms with Crippen molar-refractivity contribution < 1.29 is 9.13 Å². The van der Waals surface area contributed by atoms with Crippen LogP contribution in [0, 0.1) is 12.7 Å². The van der Waals surface area contributed by atoms with Crippen molar-refractivity contribution in [3.8, 4) is 10.9 Å². The van der Waals surface area contributed by atoms with Crippen molar-refractivity contribution in [2.24, 2.45) is 0 Å². The summed E-state index contributed by atoms with van der Waals surface area (Å²) in [6.07, 6.45) is 1.60. The monoisotopic (exact) mass is 224 g/mol. The summed E-state index contributed by atoms with van der Waals surface area (Å²) in [5, 5.41) is 2.18. The molecule has 0 aliphatic heterocycles. The maximum atomic E-state index is 13.4. The topological polar surface area (TPSA) is 48.1 Å². The summed E-state index contributed by atoms with van der Waals surface area (Å²) in [4.78, 5) is 3.90. The second kappa shape index (κ2) is 3.86. The predicted octanol–water partition coefficient (Wildman–Crippen LogP) is 2.97. The van der Waals surface area contributed by atoms with Gasteiger partial charge < -0.3 is 10.5 Å². The Kier molecular flexibility index (Phi) is 2.55. The average molecular weight is 224 g/mol. The first kappa shape index (κ1) is 9.92. The largest absolute Gasteiger partial charge is 0.428 e. The Bertz CT molecular complexity index is 471. The molecule has 0 aliphatic rings. The molecule has 0 fully saturated rings. The molecule has 0 saturated carbocycles. The molecule has 3 nitrogen and oxygen atoms in total. The van der Waals surface area contributed by atoms with Crippen molar-refractivity contribution in [2.45, 2.75) is 6.92 Å². The molecule has 5 heteroatoms. The first-order chi connectivity index (χ1) is 7.16. The predicted molar refractivity (Wildman–Crippen MR) is 57.7 cm³/mol. The molecule has 78 valence electrons. The van der Waals surface area contributed by atoms with E-state index in [4.69, 9.17) is 10.5 Å². The first-order valence-electron chi connectivity index (χ1n) is 4.30. The summed E-state index contributed by atoms with van der Waals surface area (Å²) in [6, 6.07) is 2.81. The molecule has 0 saturated heterocycles. The van der Waals surface area contributed by atoms with Crippen LogP contribution in [-0.2, 0) is 0 Å². The van der Waals surface area contributed by atoms with Gasteiger partial charge in [-0.05, 0) is 18.6 Å². The van der Waals surface area contributed by atoms with Gasteiger partial charge in [-0.2, -0.15) is 0 Å². The van der Waals surface area contributed by atoms with Crippen LogP contribution < -0.4 is 10.5 Å². The fourth-order valence-corrected chi connectivity index (χ4v) is 1.60. The molecule has 0 atom stereocenters. The highest BCUT2D eigenvalue weighted by Gasteiger charge is 2.08. The van der Waals surface area contributed by atoms with Gasteiger partial charge in [0.2, 0.25) is 0 Å². The second-order valence-corrected chi connectivity index (χ2v) is 3.90. The fraction of sp³-hybridized carbons (Fsp3) is 0.100. The number of aromatic nitrogens is 1. The molecular formula is C10H9FN2OS. The molecule has 0 spiro atoms. The maximum absolute atomic E-state index is 13.4. The zero-order valence-electron chi connectivity index (χ0n) is 8.03. The Morgan fingerprint density at radius 3 is 2.93 bits per heavy atom. The van der Waals surface area contributed by atoms with Gasteiger partial charge in [0.25, 0.3) is 5.19 Å². The summed E-state index contributed by atoms with van der Waals surface area (Å²) in [5.41, 5.74) is 6.75. The van der Waals surface area contributed by atoms with E-state index in [1.54, 1.807) is 24.6 Å². The molecule has 2 N–H and O–H groups in total. The van der Waals surface area contributed by atoms with Crippen LogP contribution in [0.15, 0.2) is 23.7 Å². The van der Waals surface area contributed by atoms with Crippen molar-refractivity contribution >= 4 is 17.0 Å². The van der Waals surface area contributed by atoms with Gasteiger partial charge in [0.05, 0.1) is 0 Å². The van der Waals surface area contributed by atoms with Gasteiger partial charge in [-0.3, -0.25) is 0 Å². The van der Waals surface area contributed by atoms with E-state index in [0.29, 0.717) is 10.9 Å². The summed E-state index contributed by atoms with van der Waals surface area (Å²) >= 11 is 1.31. The first-order valence-corrected chi connectivity index (χ1v) is 5.18. The third-order valence-corrected chi connectivity index (χ3v) is 2.58. The Hall–Kier alpha value is -1.62. The van der Waals surface area contributed by atoms with Crippen LogP contribution in [0.3, 0.4) is 0 Å². The fourth-order valence-electron chi connectivity index (χ4n) is 1.10. The van der Waals surface area contributed by atoms with E-state index in [9.17, 15) is 4.39 Å². The van der Waals surface area contributed by atoms with Crippen LogP contribution in [-0.4, -0.2) is 4.98 Å². The Morgan fingerprint density at radius 1 is 1.47 bits per heavy atom. The molecule has 1 aromatic heterocycles. The van der Waals surface area contributed by atoms with Gasteiger partial charge >= 0.3 is 0 Å². The van der Waals surface area contributed by atoms with Crippen molar-refractivity contribution in [1.29, 1.82) is 0 Å². The van der Waals surface area contributed by atoms with Crippen molar-refractivity contribution in [3.63, 3.8) is 0 Å². The number of hydrogen-bond acceptors (Lipinski definition) is 4. The molecule has 0 bridgehead atoms. The van der Waals surface area contributed by atoms with Gasteiger partial charge in [-0.1, -0.05) is 11.3 Å². The number of benzene rings is 1. The van der Waals surface area contributed by atoms with Crippen LogP contribution in [0.2, 0.25) is 0 Å². The zero-order valence-corrected chi connectivity index (χ0v) is 8.84. The van der Waals surface area contributed by atoms with E-state index >= 15 is 0 Å². The Balaban J connectivity index is 2.33. The molecule has 15 heavy (non-hydrogen) atoms. The Labute approximate surface area is 90.3 Å². The number of aryl methyl sites for hydroxylation is 1. The van der Waals surface area contributed by atoms with E-state index in [0.717, 1.165) is 5.56 Å². The molecule has 0 unspecified atom stereocenters. The number of nitrogen functional groups attached to an aromatic ring is 1. The van der Waals surface area contributed by atoms with Crippen molar-refractivity contribution in [3.05, 3.63) is 35.1 Å². The lowest BCUT2D eigenvalue weighted by Gasteiger charge is -2.06. The summed E-state index contributed by atoms with van der Waals surface area (Å²) in [7, 11) is 0. The zero-order chi connectivity index (χ0) is 10.8. The van der Waals surface area contributed by atoms with E-state index in [2.05, 4.69) is 4.98 Å². The molecule has 0 radical (unpaired) electrons. The smallest absolute Gasteiger partial charge is 0.278 e. The van der Waals surface area contributed by atoms with E-state index < -0.39 is 5.82 Å². The third kappa shape index (κ3) is 2.07. The van der Waals surface area contributed by atoms with Crippen LogP contribution in [0.5, 0.6) is 10.9 Å². The quantitative estimate of drug-likeness (QED) is 0.798. The number of rotatable bonds is 2. The molecule has 1 aromatic carbocycles. The van der Waals surface area contributed by atoms with Crippen LogP contribution in [0.4, 0.5) is 10.1 Å². The van der Waals surface area contributed by atoms with Gasteiger partial charge in [0.1, 0.15) is 0 Å². The highest BCUT2D eigenvalue weighted by atomic mass is 32.1. The average Bonchev–Trinajstić information content (AvgIpc) is 2.67. The molecular weight excluding hydrogens is 215 g/mol. The van der Waals surface area contributed by atoms with Gasteiger partial charge in [0.15, 0.2) is 11.6 Å². The number of thiazole rings is 1. The Morgan fingerprint density at radius 2 is 2.27 bits per heavy atom. The van der Waals surface area contributed by atoms with Gasteiger partial charge in [-0.15, -0.1) is 0 Å². The molecule has 2 rings (SSSR count). The molecule has 1 heterocycles.